The SMILES string of the molecule is CC(C)c1ccc2c(c1)C(=O)C1(CCN(Cc3ccccc3)CC1)N2. The zero-order valence-electron chi connectivity index (χ0n) is 15.1. The van der Waals surface area contributed by atoms with Gasteiger partial charge in [-0.1, -0.05) is 50.2 Å². The molecule has 0 unspecified atom stereocenters. The fourth-order valence-corrected chi connectivity index (χ4v) is 4.08. The third-order valence-corrected chi connectivity index (χ3v) is 5.72. The molecular formula is C22H26N2O. The Bertz CT molecular complexity index is 774. The highest BCUT2D eigenvalue weighted by atomic mass is 16.1. The third-order valence-electron chi connectivity index (χ3n) is 5.72. The second-order valence-electron chi connectivity index (χ2n) is 7.76. The molecule has 1 saturated heterocycles. The van der Waals surface area contributed by atoms with Gasteiger partial charge in [0.15, 0.2) is 5.78 Å². The highest BCUT2D eigenvalue weighted by Gasteiger charge is 2.46. The van der Waals surface area contributed by atoms with Crippen molar-refractivity contribution in [1.29, 1.82) is 0 Å². The van der Waals surface area contributed by atoms with E-state index in [-0.39, 0.29) is 5.54 Å². The number of Topliss-reactive ketones (excluding diaryl/α,β-unsaturated/α-hetero) is 1. The van der Waals surface area contributed by atoms with Crippen LogP contribution in [0.3, 0.4) is 0 Å². The Morgan fingerprint density at radius 1 is 1.08 bits per heavy atom. The summed E-state index contributed by atoms with van der Waals surface area (Å²) in [7, 11) is 0. The van der Waals surface area contributed by atoms with Gasteiger partial charge in [0.2, 0.25) is 0 Å². The molecule has 0 aromatic heterocycles. The van der Waals surface area contributed by atoms with Crippen LogP contribution < -0.4 is 5.32 Å². The van der Waals surface area contributed by atoms with Gasteiger partial charge < -0.3 is 5.32 Å². The summed E-state index contributed by atoms with van der Waals surface area (Å²) < 4.78 is 0. The number of benzene rings is 2. The third kappa shape index (κ3) is 2.98. The lowest BCUT2D eigenvalue weighted by atomic mass is 9.83. The first-order valence-electron chi connectivity index (χ1n) is 9.31. The first-order chi connectivity index (χ1) is 12.1. The number of ketones is 1. The van der Waals surface area contributed by atoms with Crippen molar-refractivity contribution in [2.45, 2.75) is 44.7 Å². The fraction of sp³-hybridized carbons (Fsp3) is 0.409. The first kappa shape index (κ1) is 16.3. The number of likely N-dealkylation sites (tertiary alicyclic amines) is 1. The molecule has 2 aliphatic rings. The monoisotopic (exact) mass is 334 g/mol. The van der Waals surface area contributed by atoms with Gasteiger partial charge in [-0.2, -0.15) is 0 Å². The van der Waals surface area contributed by atoms with Crippen molar-refractivity contribution in [3.63, 3.8) is 0 Å². The predicted octanol–water partition coefficient (Wildman–Crippen LogP) is 4.45. The minimum atomic E-state index is -0.384. The van der Waals surface area contributed by atoms with Gasteiger partial charge in [-0.05, 0) is 42.0 Å². The van der Waals surface area contributed by atoms with Crippen LogP contribution in [-0.4, -0.2) is 29.3 Å². The fourth-order valence-electron chi connectivity index (χ4n) is 4.08. The molecule has 1 N–H and O–H groups in total. The molecule has 2 aromatic rings. The van der Waals surface area contributed by atoms with Crippen LogP contribution in [0, 0.1) is 0 Å². The van der Waals surface area contributed by atoms with E-state index in [2.05, 4.69) is 72.6 Å². The summed E-state index contributed by atoms with van der Waals surface area (Å²) in [6.45, 7) is 7.23. The molecule has 0 atom stereocenters. The van der Waals surface area contributed by atoms with Gasteiger partial charge >= 0.3 is 0 Å². The van der Waals surface area contributed by atoms with Crippen LogP contribution in [0.4, 0.5) is 5.69 Å². The van der Waals surface area contributed by atoms with Crippen molar-refractivity contribution in [2.75, 3.05) is 18.4 Å². The van der Waals surface area contributed by atoms with Crippen LogP contribution in [0.25, 0.3) is 0 Å². The van der Waals surface area contributed by atoms with Gasteiger partial charge in [-0.25, -0.2) is 0 Å². The molecule has 3 heteroatoms. The molecule has 2 heterocycles. The number of hydrogen-bond donors (Lipinski definition) is 1. The number of piperidine rings is 1. The number of nitrogens with zero attached hydrogens (tertiary/aromatic N) is 1. The van der Waals surface area contributed by atoms with Crippen LogP contribution in [0.1, 0.15) is 54.1 Å². The number of rotatable bonds is 3. The van der Waals surface area contributed by atoms with Crippen molar-refractivity contribution in [3.05, 3.63) is 65.2 Å². The summed E-state index contributed by atoms with van der Waals surface area (Å²) in [5.41, 5.74) is 4.11. The smallest absolute Gasteiger partial charge is 0.190 e. The molecule has 2 aliphatic heterocycles. The van der Waals surface area contributed by atoms with Crippen molar-refractivity contribution in [2.24, 2.45) is 0 Å². The van der Waals surface area contributed by atoms with Gasteiger partial charge in [0.05, 0.1) is 0 Å². The van der Waals surface area contributed by atoms with Gasteiger partial charge in [-0.3, -0.25) is 9.69 Å². The Morgan fingerprint density at radius 2 is 1.80 bits per heavy atom. The molecule has 3 nitrogen and oxygen atoms in total. The number of hydrogen-bond acceptors (Lipinski definition) is 3. The molecule has 1 fully saturated rings. The Balaban J connectivity index is 1.47. The van der Waals surface area contributed by atoms with Crippen LogP contribution in [0.15, 0.2) is 48.5 Å². The molecule has 25 heavy (non-hydrogen) atoms. The van der Waals surface area contributed by atoms with E-state index in [1.807, 2.05) is 0 Å². The maximum Gasteiger partial charge on any atom is 0.190 e. The molecule has 0 radical (unpaired) electrons. The van der Waals surface area contributed by atoms with E-state index in [4.69, 9.17) is 0 Å². The molecule has 0 bridgehead atoms. The van der Waals surface area contributed by atoms with Crippen molar-refractivity contribution < 1.29 is 4.79 Å². The molecule has 4 rings (SSSR count). The highest BCUT2D eigenvalue weighted by molar-refractivity contribution is 6.13. The van der Waals surface area contributed by atoms with Gasteiger partial charge in [-0.15, -0.1) is 0 Å². The lowest BCUT2D eigenvalue weighted by molar-refractivity contribution is 0.0826. The summed E-state index contributed by atoms with van der Waals surface area (Å²) in [4.78, 5) is 15.6. The second-order valence-corrected chi connectivity index (χ2v) is 7.76. The van der Waals surface area contributed by atoms with E-state index in [0.717, 1.165) is 43.7 Å². The normalized spacial score (nSPS) is 19.2. The molecule has 130 valence electrons. The molecule has 1 spiro atoms. The Hall–Kier alpha value is -2.13. The predicted molar refractivity (Wildman–Crippen MR) is 102 cm³/mol. The van der Waals surface area contributed by atoms with E-state index in [1.165, 1.54) is 11.1 Å². The summed E-state index contributed by atoms with van der Waals surface area (Å²) in [5.74, 6) is 0.742. The number of fused-ring (bicyclic) bond motifs is 1. The Labute approximate surface area is 150 Å². The van der Waals surface area contributed by atoms with E-state index < -0.39 is 0 Å². The Morgan fingerprint density at radius 3 is 2.48 bits per heavy atom. The van der Waals surface area contributed by atoms with Gasteiger partial charge in [0.1, 0.15) is 5.54 Å². The molecular weight excluding hydrogens is 308 g/mol. The zero-order valence-corrected chi connectivity index (χ0v) is 15.1. The van der Waals surface area contributed by atoms with E-state index in [0.29, 0.717) is 11.7 Å². The lowest BCUT2D eigenvalue weighted by Crippen LogP contribution is -2.51. The average Bonchev–Trinajstić information content (AvgIpc) is 2.90. The first-order valence-corrected chi connectivity index (χ1v) is 9.31. The Kier molecular flexibility index (Phi) is 4.12. The van der Waals surface area contributed by atoms with Crippen molar-refractivity contribution in [1.82, 2.24) is 4.90 Å². The molecule has 0 amide bonds. The lowest BCUT2D eigenvalue weighted by Gasteiger charge is -2.38. The largest absolute Gasteiger partial charge is 0.372 e. The summed E-state index contributed by atoms with van der Waals surface area (Å²) in [5, 5.41) is 3.57. The minimum absolute atomic E-state index is 0.296. The standard InChI is InChI=1S/C22H26N2O/c1-16(2)18-8-9-20-19(14-18)21(25)22(23-20)10-12-24(13-11-22)15-17-6-4-3-5-7-17/h3-9,14,16,23H,10-13,15H2,1-2H3. The number of anilines is 1. The van der Waals surface area contributed by atoms with Crippen LogP contribution >= 0.6 is 0 Å². The molecule has 2 aromatic carbocycles. The van der Waals surface area contributed by atoms with E-state index in [9.17, 15) is 4.79 Å². The van der Waals surface area contributed by atoms with Crippen molar-refractivity contribution >= 4 is 11.5 Å². The van der Waals surface area contributed by atoms with Crippen molar-refractivity contribution in [3.8, 4) is 0 Å². The van der Waals surface area contributed by atoms with Crippen LogP contribution in [0.2, 0.25) is 0 Å². The zero-order chi connectivity index (χ0) is 17.4. The van der Waals surface area contributed by atoms with E-state index >= 15 is 0 Å². The van der Waals surface area contributed by atoms with Gasteiger partial charge in [0, 0.05) is 30.9 Å². The maximum atomic E-state index is 13.1. The topological polar surface area (TPSA) is 32.3 Å². The van der Waals surface area contributed by atoms with Crippen LogP contribution in [-0.2, 0) is 6.54 Å². The summed E-state index contributed by atoms with van der Waals surface area (Å²) >= 11 is 0. The molecule has 0 saturated carbocycles. The second kappa shape index (κ2) is 6.30. The average molecular weight is 334 g/mol. The number of carbonyl (C=O) groups excluding carboxylic acids is 1. The minimum Gasteiger partial charge on any atom is -0.372 e. The summed E-state index contributed by atoms with van der Waals surface area (Å²) in [6.07, 6.45) is 1.76. The van der Waals surface area contributed by atoms with E-state index in [1.54, 1.807) is 0 Å². The number of carbonyl (C=O) groups is 1. The highest BCUT2D eigenvalue weighted by Crippen LogP contribution is 2.40. The molecule has 0 aliphatic carbocycles. The number of nitrogens with one attached hydrogen (secondary N) is 1. The van der Waals surface area contributed by atoms with Gasteiger partial charge in [0.25, 0.3) is 0 Å². The maximum absolute atomic E-state index is 13.1. The summed E-state index contributed by atoms with van der Waals surface area (Å²) in [6, 6.07) is 16.9. The van der Waals surface area contributed by atoms with Crippen LogP contribution in [0.5, 0.6) is 0 Å². The quantitative estimate of drug-likeness (QED) is 0.900.